The highest BCUT2D eigenvalue weighted by Crippen LogP contribution is 2.49. The van der Waals surface area contributed by atoms with Crippen LogP contribution in [-0.2, 0) is 0 Å². The summed E-state index contributed by atoms with van der Waals surface area (Å²) in [4.78, 5) is 4.76. The molecule has 0 amide bonds. The van der Waals surface area contributed by atoms with Gasteiger partial charge in [-0.2, -0.15) is 0 Å². The van der Waals surface area contributed by atoms with Crippen molar-refractivity contribution in [1.82, 2.24) is 8.80 Å². The molecule has 0 spiro atoms. The van der Waals surface area contributed by atoms with Gasteiger partial charge in [0.25, 0.3) is 0 Å². The van der Waals surface area contributed by atoms with E-state index in [0.29, 0.717) is 0 Å². The lowest BCUT2D eigenvalue weighted by Gasteiger charge is -2.25. The van der Waals surface area contributed by atoms with Crippen LogP contribution >= 0.6 is 0 Å². The first-order valence-electron chi connectivity index (χ1n) is 26.7. The minimum absolute atomic E-state index is 0.876. The molecule has 11 aromatic carbocycles. The summed E-state index contributed by atoms with van der Waals surface area (Å²) >= 11 is 0. The number of hydrogen-bond donors (Lipinski definition) is 0. The van der Waals surface area contributed by atoms with Crippen LogP contribution in [0.4, 0.5) is 34.1 Å². The molecule has 0 fully saturated rings. The Morgan fingerprint density at radius 1 is 0.338 bits per heavy atom. The molecule has 0 aliphatic rings. The second kappa shape index (κ2) is 15.5. The van der Waals surface area contributed by atoms with Gasteiger partial charge in [0.1, 0.15) is 11.2 Å². The summed E-state index contributed by atoms with van der Waals surface area (Å²) in [5.41, 5.74) is 18.5. The number of anilines is 6. The maximum atomic E-state index is 7.13. The van der Waals surface area contributed by atoms with Crippen molar-refractivity contribution >= 4 is 186 Å². The van der Waals surface area contributed by atoms with Gasteiger partial charge in [-0.25, -0.2) is 0 Å². The molecule has 0 aliphatic carbocycles. The maximum absolute atomic E-state index is 7.13. The van der Waals surface area contributed by atoms with E-state index in [9.17, 15) is 0 Å². The number of para-hydroxylation sites is 8. The number of hydrogen-bond acceptors (Lipinski definition) is 4. The number of nitrogens with zero attached hydrogens (tertiary/aromatic N) is 4. The molecule has 0 saturated heterocycles. The van der Waals surface area contributed by atoms with Crippen LogP contribution in [0.1, 0.15) is 5.56 Å². The Morgan fingerprint density at radius 2 is 0.727 bits per heavy atom. The smallest absolute Gasteiger partial charge is 0.159 e. The molecular formula is C68H48N4O2Si3. The van der Waals surface area contributed by atoms with Gasteiger partial charge in [0.2, 0.25) is 0 Å². The Morgan fingerprint density at radius 3 is 1.22 bits per heavy atom. The molecule has 77 heavy (non-hydrogen) atoms. The molecule has 17 rings (SSSR count). The zero-order valence-corrected chi connectivity index (χ0v) is 47.9. The van der Waals surface area contributed by atoms with Gasteiger partial charge in [-0.3, -0.25) is 0 Å². The number of fused-ring (bicyclic) bond motifs is 18. The predicted molar refractivity (Wildman–Crippen MR) is 336 cm³/mol. The standard InChI is InChI=1S/C68H48N4O2Si3/c1-39-15-9-24-50-51-25-12-28-56(66(51)73-65(39)50)69(40-16-5-3-6-17-40)42-31-33-44-46-20-10-22-48-54-38-61-55(37-60(54)71(63(46)48)58(44)35-42)49-23-11-21-47-45-34-32-43(36-59(45)72(61)64(47)49)70(41-18-7-4-8-19-41)57-29-13-26-52-53-27-14-30-62(77(2,75)76)68(53)74-67(52)57/h3-38H,1-2,75-76H3. The van der Waals surface area contributed by atoms with Gasteiger partial charge in [0.05, 0.1) is 51.6 Å². The molecule has 6 heterocycles. The topological polar surface area (TPSA) is 41.6 Å². The summed E-state index contributed by atoms with van der Waals surface area (Å²) in [6.07, 6.45) is 0. The van der Waals surface area contributed by atoms with Crippen molar-refractivity contribution in [2.45, 2.75) is 13.5 Å². The molecule has 17 aromatic rings. The van der Waals surface area contributed by atoms with Crippen molar-refractivity contribution in [3.63, 3.8) is 0 Å². The van der Waals surface area contributed by atoms with E-state index in [1.165, 1.54) is 106 Å². The summed E-state index contributed by atoms with van der Waals surface area (Å²) in [6, 6.07) is 80.6. The number of rotatable bonds is 7. The van der Waals surface area contributed by atoms with Crippen LogP contribution in [0.25, 0.3) is 120 Å². The van der Waals surface area contributed by atoms with Crippen LogP contribution in [0.3, 0.4) is 0 Å². The van der Waals surface area contributed by atoms with Crippen molar-refractivity contribution in [1.29, 1.82) is 0 Å². The molecule has 0 radical (unpaired) electrons. The Labute approximate surface area is 448 Å². The Kier molecular flexibility index (Phi) is 8.68. The lowest BCUT2D eigenvalue weighted by molar-refractivity contribution is 0.666. The van der Waals surface area contributed by atoms with Crippen LogP contribution < -0.4 is 15.0 Å². The Balaban J connectivity index is 0.895. The van der Waals surface area contributed by atoms with Gasteiger partial charge in [-0.05, 0) is 90.5 Å². The highest BCUT2D eigenvalue weighted by molar-refractivity contribution is 7.47. The van der Waals surface area contributed by atoms with E-state index < -0.39 is 7.11 Å². The van der Waals surface area contributed by atoms with Crippen LogP contribution in [0.5, 0.6) is 0 Å². The molecule has 9 heteroatoms. The van der Waals surface area contributed by atoms with Gasteiger partial charge < -0.3 is 27.4 Å². The third-order valence-corrected chi connectivity index (χ3v) is 22.0. The fourth-order valence-corrected chi connectivity index (χ4v) is 17.2. The quantitative estimate of drug-likeness (QED) is 0.149. The third kappa shape index (κ3) is 5.87. The summed E-state index contributed by atoms with van der Waals surface area (Å²) in [5.74, 6) is 0. The summed E-state index contributed by atoms with van der Waals surface area (Å²) in [7, 11) is 0.969. The number of aryl methyl sites for hydroxylation is 1. The van der Waals surface area contributed by atoms with Crippen molar-refractivity contribution in [3.05, 3.63) is 224 Å². The largest absolute Gasteiger partial charge is 0.454 e. The molecule has 0 bridgehead atoms. The highest BCUT2D eigenvalue weighted by atomic mass is 29.6. The van der Waals surface area contributed by atoms with E-state index in [2.05, 4.69) is 250 Å². The van der Waals surface area contributed by atoms with Gasteiger partial charge in [0, 0.05) is 107 Å². The molecule has 6 aromatic heterocycles. The number of furan rings is 2. The van der Waals surface area contributed by atoms with Crippen LogP contribution in [0.15, 0.2) is 227 Å². The van der Waals surface area contributed by atoms with E-state index >= 15 is 0 Å². The molecule has 0 unspecified atom stereocenters. The number of benzene rings is 11. The third-order valence-electron chi connectivity index (χ3n) is 16.8. The van der Waals surface area contributed by atoms with Gasteiger partial charge in [-0.1, -0.05) is 152 Å². The SMILES string of the molecule is Cc1cccc2c1oc1c(N(c3ccccc3)c3ccc4c5cccc6c7cc8c(cc7n(c4c3)c56)c3cccc4c5ccc(N(c6ccccc6)c6cccc7c6oc6c([Si](C)([SiH3])[SiH3])cccc67)cc5n8c43)cccc12. The molecule has 0 saturated carbocycles. The summed E-state index contributed by atoms with van der Waals surface area (Å²) < 4.78 is 19.0. The molecule has 364 valence electrons. The second-order valence-corrected chi connectivity index (χ2v) is 48.1. The average molecular weight is 1040 g/mol. The Bertz CT molecular complexity index is 5300. The molecule has 6 nitrogen and oxygen atoms in total. The van der Waals surface area contributed by atoms with Crippen LogP contribution in [0, 0.1) is 6.92 Å². The summed E-state index contributed by atoms with van der Waals surface area (Å²) in [6.45, 7) is 4.65. The van der Waals surface area contributed by atoms with E-state index in [1.54, 1.807) is 0 Å². The zero-order chi connectivity index (χ0) is 51.0. The van der Waals surface area contributed by atoms with Crippen molar-refractivity contribution in [2.75, 3.05) is 9.80 Å². The first-order valence-corrected chi connectivity index (χ1v) is 36.2. The zero-order valence-electron chi connectivity index (χ0n) is 42.9. The molecule has 0 aliphatic heterocycles. The normalized spacial score (nSPS) is 13.4. The molecular weight excluding hydrogens is 989 g/mol. The van der Waals surface area contributed by atoms with Gasteiger partial charge >= 0.3 is 0 Å². The fourth-order valence-electron chi connectivity index (χ4n) is 13.4. The van der Waals surface area contributed by atoms with Crippen LogP contribution in [0.2, 0.25) is 6.55 Å². The van der Waals surface area contributed by atoms with Gasteiger partial charge in [-0.15, -0.1) is 0 Å². The van der Waals surface area contributed by atoms with E-state index in [4.69, 9.17) is 8.83 Å². The Hall–Kier alpha value is -9.13. The number of aromatic nitrogens is 2. The highest BCUT2D eigenvalue weighted by Gasteiger charge is 2.28. The monoisotopic (exact) mass is 1040 g/mol. The van der Waals surface area contributed by atoms with Gasteiger partial charge in [0.15, 0.2) is 11.2 Å². The van der Waals surface area contributed by atoms with Crippen molar-refractivity contribution in [2.24, 2.45) is 0 Å². The second-order valence-electron chi connectivity index (χ2n) is 22.1. The predicted octanol–water partition coefficient (Wildman–Crippen LogP) is 16.0. The van der Waals surface area contributed by atoms with E-state index in [1.807, 2.05) is 0 Å². The maximum Gasteiger partial charge on any atom is 0.159 e. The first-order chi connectivity index (χ1) is 37.8. The minimum atomic E-state index is -1.44. The summed E-state index contributed by atoms with van der Waals surface area (Å²) in [5, 5.41) is 16.0. The van der Waals surface area contributed by atoms with E-state index in [-0.39, 0.29) is 0 Å². The van der Waals surface area contributed by atoms with Crippen molar-refractivity contribution < 1.29 is 8.83 Å². The average Bonchev–Trinajstić information content (AvgIpc) is 4.21. The van der Waals surface area contributed by atoms with E-state index in [0.717, 1.165) is 78.2 Å². The first kappa shape index (κ1) is 43.1. The molecule has 0 N–H and O–H groups in total. The fraction of sp³-hybridized carbons (Fsp3) is 0.0294. The molecule has 0 atom stereocenters. The van der Waals surface area contributed by atoms with Crippen LogP contribution in [-0.4, -0.2) is 35.4 Å². The lowest BCUT2D eigenvalue weighted by Crippen LogP contribution is -2.47. The van der Waals surface area contributed by atoms with Crippen molar-refractivity contribution in [3.8, 4) is 0 Å². The minimum Gasteiger partial charge on any atom is -0.454 e. The lowest BCUT2D eigenvalue weighted by atomic mass is 10.0.